The van der Waals surface area contributed by atoms with Gasteiger partial charge >= 0.3 is 0 Å². The first-order valence-electron chi connectivity index (χ1n) is 6.25. The molecule has 0 saturated heterocycles. The SMILES string of the molecule is CC(O)(c1cc(F)cc(F)c1)c1cc2cccc(Cl)c2o1. The van der Waals surface area contributed by atoms with E-state index in [0.717, 1.165) is 18.2 Å². The molecule has 3 rings (SSSR count). The molecule has 3 aromatic rings. The van der Waals surface area contributed by atoms with Crippen LogP contribution in [-0.4, -0.2) is 5.11 Å². The molecule has 5 heteroatoms. The first-order chi connectivity index (χ1) is 9.88. The third-order valence-corrected chi connectivity index (χ3v) is 3.70. The van der Waals surface area contributed by atoms with E-state index in [0.29, 0.717) is 16.0 Å². The van der Waals surface area contributed by atoms with Crippen molar-refractivity contribution >= 4 is 22.6 Å². The summed E-state index contributed by atoms with van der Waals surface area (Å²) in [6.45, 7) is 1.41. The number of rotatable bonds is 2. The first kappa shape index (κ1) is 14.0. The second kappa shape index (κ2) is 4.83. The number of halogens is 3. The highest BCUT2D eigenvalue weighted by molar-refractivity contribution is 6.34. The highest BCUT2D eigenvalue weighted by Gasteiger charge is 2.31. The number of hydrogen-bond donors (Lipinski definition) is 1. The Bertz CT molecular complexity index is 804. The van der Waals surface area contributed by atoms with Crippen LogP contribution in [0.2, 0.25) is 5.02 Å². The maximum Gasteiger partial charge on any atom is 0.153 e. The van der Waals surface area contributed by atoms with E-state index in [1.807, 2.05) is 0 Å². The Morgan fingerprint density at radius 1 is 1.10 bits per heavy atom. The number of hydrogen-bond acceptors (Lipinski definition) is 2. The summed E-state index contributed by atoms with van der Waals surface area (Å²) in [7, 11) is 0. The van der Waals surface area contributed by atoms with Crippen molar-refractivity contribution in [1.82, 2.24) is 0 Å². The van der Waals surface area contributed by atoms with Crippen molar-refractivity contribution in [2.75, 3.05) is 0 Å². The average molecular weight is 309 g/mol. The first-order valence-corrected chi connectivity index (χ1v) is 6.63. The van der Waals surface area contributed by atoms with Crippen molar-refractivity contribution in [2.45, 2.75) is 12.5 Å². The number of para-hydroxylation sites is 1. The van der Waals surface area contributed by atoms with Gasteiger partial charge in [-0.1, -0.05) is 23.7 Å². The Kier molecular flexibility index (Phi) is 3.23. The molecule has 2 nitrogen and oxygen atoms in total. The summed E-state index contributed by atoms with van der Waals surface area (Å²) < 4.78 is 32.3. The van der Waals surface area contributed by atoms with E-state index in [9.17, 15) is 13.9 Å². The molecule has 1 unspecified atom stereocenters. The maximum absolute atomic E-state index is 13.3. The predicted octanol–water partition coefficient (Wildman–Crippen LogP) is 4.62. The van der Waals surface area contributed by atoms with Crippen LogP contribution in [0.1, 0.15) is 18.2 Å². The van der Waals surface area contributed by atoms with Gasteiger partial charge in [-0.25, -0.2) is 8.78 Å². The van der Waals surface area contributed by atoms with E-state index in [-0.39, 0.29) is 11.3 Å². The second-order valence-electron chi connectivity index (χ2n) is 5.00. The summed E-state index contributed by atoms with van der Waals surface area (Å²) in [6.07, 6.45) is 0. The third kappa shape index (κ3) is 2.41. The number of fused-ring (bicyclic) bond motifs is 1. The molecule has 0 aliphatic rings. The molecule has 1 heterocycles. The highest BCUT2D eigenvalue weighted by Crippen LogP contribution is 2.36. The Hall–Kier alpha value is -1.91. The molecule has 108 valence electrons. The van der Waals surface area contributed by atoms with Crippen LogP contribution in [0.25, 0.3) is 11.0 Å². The summed E-state index contributed by atoms with van der Waals surface area (Å²) >= 11 is 6.02. The predicted molar refractivity (Wildman–Crippen MR) is 76.3 cm³/mol. The van der Waals surface area contributed by atoms with Crippen LogP contribution in [0.5, 0.6) is 0 Å². The van der Waals surface area contributed by atoms with Gasteiger partial charge in [-0.3, -0.25) is 0 Å². The van der Waals surface area contributed by atoms with Crippen molar-refractivity contribution in [3.8, 4) is 0 Å². The maximum atomic E-state index is 13.3. The molecule has 0 aliphatic heterocycles. The number of aliphatic hydroxyl groups is 1. The standard InChI is InChI=1S/C16H11ClF2O2/c1-16(20,10-6-11(18)8-12(19)7-10)14-5-9-3-2-4-13(17)15(9)21-14/h2-8,20H,1H3. The van der Waals surface area contributed by atoms with Crippen LogP contribution in [-0.2, 0) is 5.60 Å². The molecule has 0 aliphatic carbocycles. The zero-order chi connectivity index (χ0) is 15.2. The van der Waals surface area contributed by atoms with Crippen LogP contribution in [0.4, 0.5) is 8.78 Å². The van der Waals surface area contributed by atoms with Gasteiger partial charge in [0.2, 0.25) is 0 Å². The van der Waals surface area contributed by atoms with Gasteiger partial charge < -0.3 is 9.52 Å². The fourth-order valence-electron chi connectivity index (χ4n) is 2.24. The van der Waals surface area contributed by atoms with Crippen molar-refractivity contribution in [3.05, 3.63) is 70.4 Å². The molecular formula is C16H11ClF2O2. The summed E-state index contributed by atoms with van der Waals surface area (Å²) in [5.41, 5.74) is -1.19. The molecular weight excluding hydrogens is 298 g/mol. The zero-order valence-corrected chi connectivity index (χ0v) is 11.8. The van der Waals surface area contributed by atoms with E-state index in [2.05, 4.69) is 0 Å². The Labute approximate surface area is 124 Å². The lowest BCUT2D eigenvalue weighted by Crippen LogP contribution is -2.22. The van der Waals surface area contributed by atoms with E-state index in [1.165, 1.54) is 6.92 Å². The van der Waals surface area contributed by atoms with Crippen LogP contribution < -0.4 is 0 Å². The average Bonchev–Trinajstić information content (AvgIpc) is 2.83. The lowest BCUT2D eigenvalue weighted by Gasteiger charge is -2.21. The topological polar surface area (TPSA) is 33.4 Å². The lowest BCUT2D eigenvalue weighted by atomic mass is 9.93. The zero-order valence-electron chi connectivity index (χ0n) is 11.0. The molecule has 0 saturated carbocycles. The van der Waals surface area contributed by atoms with Gasteiger partial charge in [-0.15, -0.1) is 0 Å². The molecule has 1 N–H and O–H groups in total. The quantitative estimate of drug-likeness (QED) is 0.749. The molecule has 0 radical (unpaired) electrons. The smallest absolute Gasteiger partial charge is 0.153 e. The second-order valence-corrected chi connectivity index (χ2v) is 5.41. The summed E-state index contributed by atoms with van der Waals surface area (Å²) in [5.74, 6) is -1.37. The van der Waals surface area contributed by atoms with Gasteiger partial charge in [0, 0.05) is 11.5 Å². The Morgan fingerprint density at radius 2 is 1.76 bits per heavy atom. The lowest BCUT2D eigenvalue weighted by molar-refractivity contribution is 0.0779. The minimum atomic E-state index is -1.68. The third-order valence-electron chi connectivity index (χ3n) is 3.40. The number of benzene rings is 2. The molecule has 0 fully saturated rings. The molecule has 0 amide bonds. The normalized spacial score (nSPS) is 14.3. The monoisotopic (exact) mass is 308 g/mol. The minimum Gasteiger partial charge on any atom is -0.456 e. The molecule has 0 bridgehead atoms. The van der Waals surface area contributed by atoms with Gasteiger partial charge in [0.15, 0.2) is 5.58 Å². The molecule has 21 heavy (non-hydrogen) atoms. The minimum absolute atomic E-state index is 0.0650. The van der Waals surface area contributed by atoms with Gasteiger partial charge in [0.1, 0.15) is 23.0 Å². The molecule has 1 atom stereocenters. The van der Waals surface area contributed by atoms with Gasteiger partial charge in [0.05, 0.1) is 5.02 Å². The van der Waals surface area contributed by atoms with Gasteiger partial charge in [0.25, 0.3) is 0 Å². The number of furan rings is 1. The fourth-order valence-corrected chi connectivity index (χ4v) is 2.46. The van der Waals surface area contributed by atoms with Crippen molar-refractivity contribution in [3.63, 3.8) is 0 Å². The van der Waals surface area contributed by atoms with Crippen molar-refractivity contribution < 1.29 is 18.3 Å². The molecule has 1 aromatic heterocycles. The van der Waals surface area contributed by atoms with Crippen molar-refractivity contribution in [2.24, 2.45) is 0 Å². The Balaban J connectivity index is 2.17. The van der Waals surface area contributed by atoms with Crippen LogP contribution in [0.3, 0.4) is 0 Å². The van der Waals surface area contributed by atoms with Crippen LogP contribution in [0, 0.1) is 11.6 Å². The van der Waals surface area contributed by atoms with Crippen LogP contribution >= 0.6 is 11.6 Å². The molecule has 0 spiro atoms. The van der Waals surface area contributed by atoms with E-state index < -0.39 is 17.2 Å². The highest BCUT2D eigenvalue weighted by atomic mass is 35.5. The Morgan fingerprint density at radius 3 is 2.38 bits per heavy atom. The van der Waals surface area contributed by atoms with Gasteiger partial charge in [-0.2, -0.15) is 0 Å². The fraction of sp³-hybridized carbons (Fsp3) is 0.125. The van der Waals surface area contributed by atoms with E-state index in [4.69, 9.17) is 16.0 Å². The summed E-state index contributed by atoms with van der Waals surface area (Å²) in [5, 5.41) is 11.7. The summed E-state index contributed by atoms with van der Waals surface area (Å²) in [4.78, 5) is 0. The summed E-state index contributed by atoms with van der Waals surface area (Å²) in [6, 6.07) is 9.67. The van der Waals surface area contributed by atoms with E-state index >= 15 is 0 Å². The molecule has 2 aromatic carbocycles. The van der Waals surface area contributed by atoms with Crippen molar-refractivity contribution in [1.29, 1.82) is 0 Å². The van der Waals surface area contributed by atoms with Gasteiger partial charge in [-0.05, 0) is 36.8 Å². The van der Waals surface area contributed by atoms with Crippen LogP contribution in [0.15, 0.2) is 46.9 Å². The van der Waals surface area contributed by atoms with E-state index in [1.54, 1.807) is 24.3 Å². The largest absolute Gasteiger partial charge is 0.456 e.